The summed E-state index contributed by atoms with van der Waals surface area (Å²) in [4.78, 5) is 27.2. The summed E-state index contributed by atoms with van der Waals surface area (Å²) in [7, 11) is 0. The molecule has 1 aliphatic rings. The number of benzene rings is 1. The molecule has 4 heterocycles. The van der Waals surface area contributed by atoms with E-state index in [4.69, 9.17) is 9.97 Å². The number of nitriles is 1. The van der Waals surface area contributed by atoms with E-state index in [0.717, 1.165) is 25.2 Å². The van der Waals surface area contributed by atoms with Gasteiger partial charge in [0.25, 0.3) is 5.56 Å². The molecule has 0 spiro atoms. The summed E-state index contributed by atoms with van der Waals surface area (Å²) < 4.78 is 3.35. The van der Waals surface area contributed by atoms with E-state index in [1.807, 2.05) is 52.0 Å². The highest BCUT2D eigenvalue weighted by Crippen LogP contribution is 2.25. The first-order chi connectivity index (χ1) is 16.8. The Morgan fingerprint density at radius 1 is 1.17 bits per heavy atom. The summed E-state index contributed by atoms with van der Waals surface area (Å²) in [6.45, 7) is 9.36. The third-order valence-corrected chi connectivity index (χ3v) is 6.33. The number of pyridine rings is 1. The highest BCUT2D eigenvalue weighted by atomic mass is 16.1. The van der Waals surface area contributed by atoms with E-state index < -0.39 is 5.41 Å². The number of nitrogens with zero attached hydrogens (tertiary/aromatic N) is 6. The third-order valence-electron chi connectivity index (χ3n) is 6.33. The summed E-state index contributed by atoms with van der Waals surface area (Å²) in [5, 5.41) is 16.7. The van der Waals surface area contributed by atoms with Crippen molar-refractivity contribution in [3.05, 3.63) is 69.8 Å². The molecule has 0 amide bonds. The average molecular weight is 469 g/mol. The molecule has 4 aromatic rings. The number of rotatable bonds is 5. The van der Waals surface area contributed by atoms with Gasteiger partial charge in [0.2, 0.25) is 5.95 Å². The molecule has 9 heteroatoms. The maximum absolute atomic E-state index is 13.3. The van der Waals surface area contributed by atoms with E-state index in [2.05, 4.69) is 33.8 Å². The highest BCUT2D eigenvalue weighted by Gasteiger charge is 2.24. The van der Waals surface area contributed by atoms with E-state index >= 15 is 0 Å². The van der Waals surface area contributed by atoms with Gasteiger partial charge in [0.15, 0.2) is 11.5 Å². The van der Waals surface area contributed by atoms with Crippen molar-refractivity contribution in [1.29, 1.82) is 5.26 Å². The van der Waals surface area contributed by atoms with Gasteiger partial charge in [0, 0.05) is 24.5 Å². The third kappa shape index (κ3) is 4.06. The molecule has 2 N–H and O–H groups in total. The lowest BCUT2D eigenvalue weighted by atomic mass is 9.91. The summed E-state index contributed by atoms with van der Waals surface area (Å²) in [5.41, 5.74) is 3.63. The van der Waals surface area contributed by atoms with Gasteiger partial charge in [-0.05, 0) is 76.1 Å². The van der Waals surface area contributed by atoms with Gasteiger partial charge in [-0.25, -0.2) is 19.3 Å². The Balaban J connectivity index is 1.63. The van der Waals surface area contributed by atoms with Crippen molar-refractivity contribution in [3.63, 3.8) is 0 Å². The molecule has 0 aliphatic carbocycles. The quantitative estimate of drug-likeness (QED) is 0.459. The van der Waals surface area contributed by atoms with Crippen LogP contribution in [0, 0.1) is 11.3 Å². The molecule has 0 atom stereocenters. The number of aromatic nitrogens is 5. The van der Waals surface area contributed by atoms with Crippen LogP contribution in [0.1, 0.15) is 50.6 Å². The van der Waals surface area contributed by atoms with E-state index in [1.54, 1.807) is 15.6 Å². The van der Waals surface area contributed by atoms with E-state index in [0.29, 0.717) is 28.5 Å². The van der Waals surface area contributed by atoms with Crippen LogP contribution in [0.2, 0.25) is 0 Å². The predicted octanol–water partition coefficient (Wildman–Crippen LogP) is 3.75. The van der Waals surface area contributed by atoms with E-state index in [1.165, 1.54) is 11.1 Å². The molecule has 0 bridgehead atoms. The molecule has 5 rings (SSSR count). The number of hydrogen-bond acceptors (Lipinski definition) is 7. The van der Waals surface area contributed by atoms with Crippen molar-refractivity contribution >= 4 is 22.7 Å². The molecule has 35 heavy (non-hydrogen) atoms. The zero-order valence-corrected chi connectivity index (χ0v) is 20.3. The minimum absolute atomic E-state index is 0.142. The molecule has 178 valence electrons. The minimum atomic E-state index is -0.772. The summed E-state index contributed by atoms with van der Waals surface area (Å²) in [6.07, 6.45) is 2.54. The van der Waals surface area contributed by atoms with Crippen molar-refractivity contribution in [2.24, 2.45) is 0 Å². The van der Waals surface area contributed by atoms with Gasteiger partial charge in [-0.2, -0.15) is 10.2 Å². The zero-order chi connectivity index (χ0) is 24.7. The monoisotopic (exact) mass is 468 g/mol. The van der Waals surface area contributed by atoms with Gasteiger partial charge in [0.1, 0.15) is 5.39 Å². The van der Waals surface area contributed by atoms with Gasteiger partial charge >= 0.3 is 0 Å². The average Bonchev–Trinajstić information content (AvgIpc) is 3.16. The van der Waals surface area contributed by atoms with Crippen molar-refractivity contribution in [3.8, 4) is 11.9 Å². The molecule has 1 aromatic carbocycles. The fourth-order valence-electron chi connectivity index (χ4n) is 4.38. The Hall–Kier alpha value is -4.03. The predicted molar refractivity (Wildman–Crippen MR) is 135 cm³/mol. The number of hydrogen-bond donors (Lipinski definition) is 2. The molecule has 0 fully saturated rings. The fourth-order valence-corrected chi connectivity index (χ4v) is 4.38. The lowest BCUT2D eigenvalue weighted by Crippen LogP contribution is -2.25. The molecular weight excluding hydrogens is 440 g/mol. The first-order valence-corrected chi connectivity index (χ1v) is 11.8. The van der Waals surface area contributed by atoms with Crippen LogP contribution < -0.4 is 16.2 Å². The van der Waals surface area contributed by atoms with Crippen molar-refractivity contribution in [2.75, 3.05) is 11.9 Å². The van der Waals surface area contributed by atoms with Crippen molar-refractivity contribution in [1.82, 2.24) is 29.6 Å². The summed E-state index contributed by atoms with van der Waals surface area (Å²) in [5.74, 6) is 0.923. The van der Waals surface area contributed by atoms with Gasteiger partial charge < -0.3 is 10.6 Å². The summed E-state index contributed by atoms with van der Waals surface area (Å²) in [6, 6.07) is 13.9. The number of fused-ring (bicyclic) bond motifs is 2. The second-order valence-electron chi connectivity index (χ2n) is 9.64. The van der Waals surface area contributed by atoms with Crippen LogP contribution in [0.3, 0.4) is 0 Å². The lowest BCUT2D eigenvalue weighted by molar-refractivity contribution is 0.470. The van der Waals surface area contributed by atoms with Gasteiger partial charge in [-0.1, -0.05) is 12.1 Å². The molecule has 3 aromatic heterocycles. The van der Waals surface area contributed by atoms with Crippen LogP contribution in [-0.2, 0) is 18.4 Å². The maximum atomic E-state index is 13.3. The Bertz CT molecular complexity index is 1520. The topological polar surface area (TPSA) is 113 Å². The van der Waals surface area contributed by atoms with E-state index in [-0.39, 0.29) is 11.6 Å². The Kier molecular flexibility index (Phi) is 5.61. The van der Waals surface area contributed by atoms with Gasteiger partial charge in [-0.15, -0.1) is 0 Å². The highest BCUT2D eigenvalue weighted by molar-refractivity contribution is 5.77. The van der Waals surface area contributed by atoms with Gasteiger partial charge in [0.05, 0.1) is 17.2 Å². The van der Waals surface area contributed by atoms with Crippen LogP contribution >= 0.6 is 0 Å². The SMILES string of the molecule is CC(C)n1c(=O)c2cnc(Nc3ccc4c(c3)CCNC4)nc2n1-c1cccc(C(C)(C)C#N)n1. The van der Waals surface area contributed by atoms with Crippen molar-refractivity contribution in [2.45, 2.75) is 52.1 Å². The molecule has 1 aliphatic heterocycles. The molecule has 0 saturated heterocycles. The zero-order valence-electron chi connectivity index (χ0n) is 20.3. The Morgan fingerprint density at radius 3 is 2.77 bits per heavy atom. The fraction of sp³-hybridized carbons (Fsp3) is 0.346. The van der Waals surface area contributed by atoms with E-state index in [9.17, 15) is 10.1 Å². The molecule has 0 radical (unpaired) electrons. The second-order valence-corrected chi connectivity index (χ2v) is 9.64. The van der Waals surface area contributed by atoms with Crippen LogP contribution in [-0.4, -0.2) is 30.9 Å². The van der Waals surface area contributed by atoms with Crippen LogP contribution in [0.25, 0.3) is 16.9 Å². The van der Waals surface area contributed by atoms with Crippen LogP contribution in [0.5, 0.6) is 0 Å². The number of anilines is 2. The second kappa shape index (κ2) is 8.64. The first-order valence-electron chi connectivity index (χ1n) is 11.8. The maximum Gasteiger partial charge on any atom is 0.278 e. The van der Waals surface area contributed by atoms with Gasteiger partial charge in [-0.3, -0.25) is 4.79 Å². The van der Waals surface area contributed by atoms with Crippen LogP contribution in [0.15, 0.2) is 47.4 Å². The smallest absolute Gasteiger partial charge is 0.278 e. The lowest BCUT2D eigenvalue weighted by Gasteiger charge is -2.19. The standard InChI is InChI=1S/C26H28N8O/c1-16(2)33-24(35)20-14-29-25(30-19-9-8-18-13-28-11-10-17(18)12-19)32-23(20)34(33)22-7-5-6-21(31-22)26(3,4)15-27/h5-9,12,14,16,28H,10-11,13H2,1-4H3,(H,29,30,32). The normalized spacial score (nSPS) is 13.6. The van der Waals surface area contributed by atoms with Crippen LogP contribution in [0.4, 0.5) is 11.6 Å². The Morgan fingerprint density at radius 2 is 2.00 bits per heavy atom. The molecule has 0 saturated carbocycles. The largest absolute Gasteiger partial charge is 0.324 e. The number of nitrogens with one attached hydrogen (secondary N) is 2. The minimum Gasteiger partial charge on any atom is -0.324 e. The molecule has 0 unspecified atom stereocenters. The Labute approximate surface area is 203 Å². The molecular formula is C26H28N8O. The first kappa shape index (κ1) is 22.7. The van der Waals surface area contributed by atoms with Crippen molar-refractivity contribution < 1.29 is 0 Å². The summed E-state index contributed by atoms with van der Waals surface area (Å²) >= 11 is 0. The molecule has 9 nitrogen and oxygen atoms in total.